The van der Waals surface area contributed by atoms with E-state index >= 15 is 0 Å². The zero-order valence-corrected chi connectivity index (χ0v) is 10.1. The van der Waals surface area contributed by atoms with Crippen LogP contribution in [0.15, 0.2) is 43.0 Å². The lowest BCUT2D eigenvalue weighted by Gasteiger charge is -2.24. The minimum absolute atomic E-state index is 0.159. The molecule has 0 saturated carbocycles. The summed E-state index contributed by atoms with van der Waals surface area (Å²) < 4.78 is 0. The summed E-state index contributed by atoms with van der Waals surface area (Å²) in [7, 11) is 0. The highest BCUT2D eigenvalue weighted by Crippen LogP contribution is 2.49. The first-order valence-corrected chi connectivity index (χ1v) is 5.80. The lowest BCUT2D eigenvalue weighted by Crippen LogP contribution is -2.28. The second-order valence-electron chi connectivity index (χ2n) is 4.87. The highest BCUT2D eigenvalue weighted by Gasteiger charge is 2.42. The van der Waals surface area contributed by atoms with Crippen molar-refractivity contribution in [1.29, 1.82) is 0 Å². The maximum Gasteiger partial charge on any atom is 0.144 e. The van der Waals surface area contributed by atoms with Crippen LogP contribution in [0.2, 0.25) is 0 Å². The van der Waals surface area contributed by atoms with Crippen molar-refractivity contribution >= 4 is 22.1 Å². The van der Waals surface area contributed by atoms with E-state index in [0.717, 1.165) is 16.7 Å². The third-order valence-electron chi connectivity index (χ3n) is 4.08. The van der Waals surface area contributed by atoms with E-state index in [-0.39, 0.29) is 5.78 Å². The topological polar surface area (TPSA) is 17.1 Å². The fraction of sp³-hybridized carbons (Fsp3) is 0.188. The van der Waals surface area contributed by atoms with Crippen LogP contribution in [-0.4, -0.2) is 5.78 Å². The predicted molar refractivity (Wildman–Crippen MR) is 71.0 cm³/mol. The fourth-order valence-electron chi connectivity index (χ4n) is 2.84. The third kappa shape index (κ3) is 1.06. The number of benzene rings is 2. The number of carbonyl (C=O) groups excluding carboxylic acids is 1. The summed E-state index contributed by atoms with van der Waals surface area (Å²) in [6.45, 7) is 7.77. The second kappa shape index (κ2) is 3.07. The van der Waals surface area contributed by atoms with Gasteiger partial charge in [-0.15, -0.1) is 0 Å². The highest BCUT2D eigenvalue weighted by molar-refractivity contribution is 6.14. The van der Waals surface area contributed by atoms with Gasteiger partial charge in [-0.3, -0.25) is 4.79 Å². The molecule has 2 aromatic rings. The highest BCUT2D eigenvalue weighted by atomic mass is 16.1. The second-order valence-corrected chi connectivity index (χ2v) is 4.87. The van der Waals surface area contributed by atoms with Crippen LogP contribution in [0.3, 0.4) is 0 Å². The first-order chi connectivity index (χ1) is 8.06. The molecule has 1 aliphatic carbocycles. The number of allylic oxidation sites excluding steroid dienone is 1. The molecule has 1 aliphatic rings. The largest absolute Gasteiger partial charge is 0.299 e. The van der Waals surface area contributed by atoms with Crippen molar-refractivity contribution in [2.24, 2.45) is 0 Å². The average Bonchev–Trinajstić information content (AvgIpc) is 2.56. The Hall–Kier alpha value is -1.89. The lowest BCUT2D eigenvalue weighted by molar-refractivity contribution is -0.119. The van der Waals surface area contributed by atoms with Crippen molar-refractivity contribution in [2.75, 3.05) is 0 Å². The van der Waals surface area contributed by atoms with Gasteiger partial charge in [0.05, 0.1) is 5.41 Å². The number of carbonyl (C=O) groups is 1. The monoisotopic (exact) mass is 222 g/mol. The van der Waals surface area contributed by atoms with Gasteiger partial charge >= 0.3 is 0 Å². The minimum Gasteiger partial charge on any atom is -0.299 e. The summed E-state index contributed by atoms with van der Waals surface area (Å²) >= 11 is 0. The van der Waals surface area contributed by atoms with Gasteiger partial charge in [-0.1, -0.05) is 43.0 Å². The molecule has 0 heterocycles. The quantitative estimate of drug-likeness (QED) is 0.718. The van der Waals surface area contributed by atoms with E-state index in [1.807, 2.05) is 25.1 Å². The van der Waals surface area contributed by atoms with Gasteiger partial charge in [0, 0.05) is 0 Å². The fourth-order valence-corrected chi connectivity index (χ4v) is 2.84. The van der Waals surface area contributed by atoms with Gasteiger partial charge in [-0.2, -0.15) is 0 Å². The summed E-state index contributed by atoms with van der Waals surface area (Å²) in [4.78, 5) is 12.0. The molecule has 2 aromatic carbocycles. The number of hydrogen-bond donors (Lipinski definition) is 0. The maximum absolute atomic E-state index is 12.0. The van der Waals surface area contributed by atoms with Crippen molar-refractivity contribution < 1.29 is 4.79 Å². The molecule has 1 heteroatoms. The van der Waals surface area contributed by atoms with Crippen LogP contribution < -0.4 is 0 Å². The van der Waals surface area contributed by atoms with E-state index in [0.29, 0.717) is 0 Å². The number of rotatable bonds is 1. The molecule has 0 spiro atoms. The molecule has 0 radical (unpaired) electrons. The summed E-state index contributed by atoms with van der Waals surface area (Å²) in [6, 6.07) is 12.3. The SMILES string of the molecule is C=C1c2cccc3cccc(c23)C1(C)C(C)=O. The molecule has 17 heavy (non-hydrogen) atoms. The molecule has 0 saturated heterocycles. The molecule has 0 bridgehead atoms. The summed E-state index contributed by atoms with van der Waals surface area (Å²) in [6.07, 6.45) is 0. The molecule has 0 aliphatic heterocycles. The van der Waals surface area contributed by atoms with Gasteiger partial charge in [-0.05, 0) is 41.3 Å². The van der Waals surface area contributed by atoms with Crippen LogP contribution in [0, 0.1) is 0 Å². The number of ketones is 1. The Morgan fingerprint density at radius 2 is 1.82 bits per heavy atom. The lowest BCUT2D eigenvalue weighted by atomic mass is 9.77. The van der Waals surface area contributed by atoms with E-state index in [4.69, 9.17) is 0 Å². The van der Waals surface area contributed by atoms with Gasteiger partial charge in [-0.25, -0.2) is 0 Å². The molecule has 3 rings (SSSR count). The molecule has 1 atom stereocenters. The van der Waals surface area contributed by atoms with Crippen molar-refractivity contribution in [3.05, 3.63) is 54.1 Å². The Morgan fingerprint density at radius 3 is 2.47 bits per heavy atom. The predicted octanol–water partition coefficient (Wildman–Crippen LogP) is 3.71. The smallest absolute Gasteiger partial charge is 0.144 e. The molecular formula is C16H14O. The average molecular weight is 222 g/mol. The van der Waals surface area contributed by atoms with Crippen LogP contribution >= 0.6 is 0 Å². The van der Waals surface area contributed by atoms with Crippen molar-refractivity contribution in [3.8, 4) is 0 Å². The third-order valence-corrected chi connectivity index (χ3v) is 4.08. The molecule has 1 nitrogen and oxygen atoms in total. The molecule has 0 fully saturated rings. The number of Topliss-reactive ketones (excluding diaryl/α,β-unsaturated/α-hetero) is 1. The van der Waals surface area contributed by atoms with Gasteiger partial charge in [0.25, 0.3) is 0 Å². The zero-order valence-electron chi connectivity index (χ0n) is 10.1. The number of hydrogen-bond acceptors (Lipinski definition) is 1. The molecule has 0 N–H and O–H groups in total. The first kappa shape index (κ1) is 10.3. The van der Waals surface area contributed by atoms with Crippen LogP contribution in [0.25, 0.3) is 16.3 Å². The summed E-state index contributed by atoms with van der Waals surface area (Å²) in [5.41, 5.74) is 2.60. The van der Waals surface area contributed by atoms with Crippen LogP contribution in [0.4, 0.5) is 0 Å². The van der Waals surface area contributed by atoms with Gasteiger partial charge in [0.2, 0.25) is 0 Å². The van der Waals surface area contributed by atoms with E-state index in [2.05, 4.69) is 24.8 Å². The Morgan fingerprint density at radius 1 is 1.18 bits per heavy atom. The van der Waals surface area contributed by atoms with Gasteiger partial charge in [0.15, 0.2) is 0 Å². The van der Waals surface area contributed by atoms with Gasteiger partial charge < -0.3 is 0 Å². The van der Waals surface area contributed by atoms with Gasteiger partial charge in [0.1, 0.15) is 5.78 Å². The van der Waals surface area contributed by atoms with Crippen LogP contribution in [0.1, 0.15) is 25.0 Å². The molecule has 1 unspecified atom stereocenters. The van der Waals surface area contributed by atoms with E-state index in [9.17, 15) is 4.79 Å². The normalized spacial score (nSPS) is 22.1. The van der Waals surface area contributed by atoms with E-state index in [1.54, 1.807) is 6.92 Å². The molecule has 84 valence electrons. The molecule has 0 amide bonds. The van der Waals surface area contributed by atoms with Crippen molar-refractivity contribution in [3.63, 3.8) is 0 Å². The minimum atomic E-state index is -0.552. The maximum atomic E-state index is 12.0. The first-order valence-electron chi connectivity index (χ1n) is 5.80. The van der Waals surface area contributed by atoms with Crippen molar-refractivity contribution in [2.45, 2.75) is 19.3 Å². The van der Waals surface area contributed by atoms with Crippen molar-refractivity contribution in [1.82, 2.24) is 0 Å². The Labute approximate surface area is 101 Å². The summed E-state index contributed by atoms with van der Waals surface area (Å²) in [5.74, 6) is 0.159. The standard InChI is InChI=1S/C16H14O/c1-10-13-8-4-6-12-7-5-9-14(15(12)13)16(10,3)11(2)17/h4-9H,1H2,2-3H3. The Bertz CT molecular complexity index is 661. The molecular weight excluding hydrogens is 208 g/mol. The Balaban J connectivity index is 2.51. The zero-order chi connectivity index (χ0) is 12.2. The van der Waals surface area contributed by atoms with Crippen LogP contribution in [-0.2, 0) is 10.2 Å². The Kier molecular flexibility index (Phi) is 1.86. The van der Waals surface area contributed by atoms with Crippen LogP contribution in [0.5, 0.6) is 0 Å². The van der Waals surface area contributed by atoms with E-state index in [1.165, 1.54) is 10.8 Å². The summed E-state index contributed by atoms with van der Waals surface area (Å²) in [5, 5.41) is 2.38. The van der Waals surface area contributed by atoms with E-state index < -0.39 is 5.41 Å². The molecule has 0 aromatic heterocycles.